The monoisotopic (exact) mass is 246 g/mol. The molecule has 3 heteroatoms. The van der Waals surface area contributed by atoms with E-state index in [0.717, 1.165) is 26.2 Å². The zero-order valence-corrected chi connectivity index (χ0v) is 11.1. The second kappa shape index (κ2) is 6.57. The first kappa shape index (κ1) is 13.1. The van der Waals surface area contributed by atoms with Gasteiger partial charge in [0, 0.05) is 25.9 Å². The molecule has 0 atom stereocenters. The van der Waals surface area contributed by atoms with Crippen molar-refractivity contribution in [2.75, 3.05) is 13.2 Å². The van der Waals surface area contributed by atoms with Crippen molar-refractivity contribution in [1.82, 2.24) is 4.57 Å². The van der Waals surface area contributed by atoms with Crippen LogP contribution in [0.1, 0.15) is 25.3 Å². The summed E-state index contributed by atoms with van der Waals surface area (Å²) in [6, 6.07) is 8.42. The molecule has 0 aliphatic carbocycles. The first-order chi connectivity index (χ1) is 8.86. The molecular weight excluding hydrogens is 224 g/mol. The van der Waals surface area contributed by atoms with Crippen LogP contribution in [0.3, 0.4) is 0 Å². The Morgan fingerprint density at radius 2 is 2.11 bits per heavy atom. The highest BCUT2D eigenvalue weighted by atomic mass is 16.5. The fourth-order valence-corrected chi connectivity index (χ4v) is 2.20. The Labute approximate surface area is 109 Å². The van der Waals surface area contributed by atoms with Crippen molar-refractivity contribution in [1.29, 1.82) is 0 Å². The first-order valence-electron chi connectivity index (χ1n) is 6.71. The Morgan fingerprint density at radius 1 is 1.22 bits per heavy atom. The minimum Gasteiger partial charge on any atom is -0.380 e. The van der Waals surface area contributed by atoms with Crippen molar-refractivity contribution in [2.24, 2.45) is 5.73 Å². The zero-order chi connectivity index (χ0) is 12.8. The van der Waals surface area contributed by atoms with Gasteiger partial charge in [0.15, 0.2) is 0 Å². The Morgan fingerprint density at radius 3 is 2.89 bits per heavy atom. The Balaban J connectivity index is 2.04. The van der Waals surface area contributed by atoms with Gasteiger partial charge in [0.1, 0.15) is 0 Å². The van der Waals surface area contributed by atoms with Crippen LogP contribution < -0.4 is 5.73 Å². The van der Waals surface area contributed by atoms with Gasteiger partial charge in [-0.2, -0.15) is 0 Å². The Hall–Kier alpha value is -1.32. The molecule has 0 radical (unpaired) electrons. The van der Waals surface area contributed by atoms with Crippen LogP contribution in [0.15, 0.2) is 30.5 Å². The van der Waals surface area contributed by atoms with Gasteiger partial charge in [0.2, 0.25) is 0 Å². The van der Waals surface area contributed by atoms with Crippen molar-refractivity contribution in [3.05, 3.63) is 36.0 Å². The van der Waals surface area contributed by atoms with E-state index >= 15 is 0 Å². The van der Waals surface area contributed by atoms with Gasteiger partial charge in [-0.25, -0.2) is 0 Å². The molecule has 0 aliphatic heterocycles. The van der Waals surface area contributed by atoms with Gasteiger partial charge < -0.3 is 15.0 Å². The average molecular weight is 246 g/mol. The van der Waals surface area contributed by atoms with Gasteiger partial charge in [-0.3, -0.25) is 0 Å². The molecule has 0 saturated heterocycles. The minimum atomic E-state index is 0.581. The minimum absolute atomic E-state index is 0.581. The number of nitrogens with two attached hydrogens (primary N) is 1. The lowest BCUT2D eigenvalue weighted by Gasteiger charge is -2.09. The van der Waals surface area contributed by atoms with Gasteiger partial charge >= 0.3 is 0 Å². The number of para-hydroxylation sites is 1. The molecule has 98 valence electrons. The van der Waals surface area contributed by atoms with E-state index in [1.165, 1.54) is 22.9 Å². The quantitative estimate of drug-likeness (QED) is 0.763. The predicted octanol–water partition coefficient (Wildman–Crippen LogP) is 2.92. The first-order valence-corrected chi connectivity index (χ1v) is 6.71. The standard InChI is InChI=1S/C15H22N2O/c1-2-3-10-18-11-9-17-8-7-13-5-4-6-14(12-16)15(13)17/h4-8H,2-3,9-12,16H2,1H3. The smallest absolute Gasteiger partial charge is 0.0645 e. The molecule has 0 unspecified atom stereocenters. The largest absolute Gasteiger partial charge is 0.380 e. The number of benzene rings is 1. The van der Waals surface area contributed by atoms with E-state index in [1.807, 2.05) is 0 Å². The van der Waals surface area contributed by atoms with E-state index in [2.05, 4.69) is 42.0 Å². The summed E-state index contributed by atoms with van der Waals surface area (Å²) in [6.45, 7) is 5.28. The van der Waals surface area contributed by atoms with E-state index < -0.39 is 0 Å². The molecule has 1 heterocycles. The van der Waals surface area contributed by atoms with Gasteiger partial charge in [-0.15, -0.1) is 0 Å². The lowest BCUT2D eigenvalue weighted by molar-refractivity contribution is 0.124. The third-order valence-electron chi connectivity index (χ3n) is 3.21. The van der Waals surface area contributed by atoms with E-state index in [1.54, 1.807) is 0 Å². The number of hydrogen-bond acceptors (Lipinski definition) is 2. The molecule has 3 nitrogen and oxygen atoms in total. The summed E-state index contributed by atoms with van der Waals surface area (Å²) < 4.78 is 7.86. The van der Waals surface area contributed by atoms with Gasteiger partial charge in [-0.05, 0) is 23.4 Å². The second-order valence-electron chi connectivity index (χ2n) is 4.53. The number of unbranched alkanes of at least 4 members (excludes halogenated alkanes) is 1. The molecule has 0 amide bonds. The summed E-state index contributed by atoms with van der Waals surface area (Å²) >= 11 is 0. The fraction of sp³-hybridized carbons (Fsp3) is 0.467. The third kappa shape index (κ3) is 2.92. The summed E-state index contributed by atoms with van der Waals surface area (Å²) in [5.41, 5.74) is 8.24. The summed E-state index contributed by atoms with van der Waals surface area (Å²) in [5, 5.41) is 1.26. The predicted molar refractivity (Wildman–Crippen MR) is 75.6 cm³/mol. The molecule has 1 aromatic heterocycles. The van der Waals surface area contributed by atoms with Crippen LogP contribution in [0.5, 0.6) is 0 Å². The maximum absolute atomic E-state index is 5.79. The Kier molecular flexibility index (Phi) is 4.79. The highest BCUT2D eigenvalue weighted by Crippen LogP contribution is 2.19. The van der Waals surface area contributed by atoms with E-state index in [9.17, 15) is 0 Å². The van der Waals surface area contributed by atoms with Crippen molar-refractivity contribution in [2.45, 2.75) is 32.9 Å². The summed E-state index contributed by atoms with van der Waals surface area (Å²) in [6.07, 6.45) is 4.44. The van der Waals surface area contributed by atoms with Crippen LogP contribution in [0.25, 0.3) is 10.9 Å². The number of ether oxygens (including phenoxy) is 1. The highest BCUT2D eigenvalue weighted by molar-refractivity contribution is 5.83. The van der Waals surface area contributed by atoms with Gasteiger partial charge in [-0.1, -0.05) is 31.5 Å². The summed E-state index contributed by atoms with van der Waals surface area (Å²) in [4.78, 5) is 0. The van der Waals surface area contributed by atoms with Crippen LogP contribution in [0, 0.1) is 0 Å². The van der Waals surface area contributed by atoms with Crippen molar-refractivity contribution in [3.8, 4) is 0 Å². The van der Waals surface area contributed by atoms with Crippen LogP contribution in [0.2, 0.25) is 0 Å². The molecular formula is C15H22N2O. The van der Waals surface area contributed by atoms with E-state index in [4.69, 9.17) is 10.5 Å². The van der Waals surface area contributed by atoms with Crippen molar-refractivity contribution >= 4 is 10.9 Å². The summed E-state index contributed by atoms with van der Waals surface area (Å²) in [7, 11) is 0. The van der Waals surface area contributed by atoms with Gasteiger partial charge in [0.25, 0.3) is 0 Å². The normalized spacial score (nSPS) is 11.2. The Bertz CT molecular complexity index is 490. The molecule has 18 heavy (non-hydrogen) atoms. The van der Waals surface area contributed by atoms with Gasteiger partial charge in [0.05, 0.1) is 12.1 Å². The van der Waals surface area contributed by atoms with E-state index in [0.29, 0.717) is 6.54 Å². The molecule has 0 fully saturated rings. The van der Waals surface area contributed by atoms with Crippen LogP contribution >= 0.6 is 0 Å². The molecule has 0 spiro atoms. The molecule has 2 aromatic rings. The molecule has 0 bridgehead atoms. The van der Waals surface area contributed by atoms with Crippen LogP contribution in [0.4, 0.5) is 0 Å². The SMILES string of the molecule is CCCCOCCn1ccc2cccc(CN)c21. The van der Waals surface area contributed by atoms with E-state index in [-0.39, 0.29) is 0 Å². The molecule has 1 aromatic carbocycles. The topological polar surface area (TPSA) is 40.2 Å². The molecule has 2 N–H and O–H groups in total. The zero-order valence-electron chi connectivity index (χ0n) is 11.1. The molecule has 0 aliphatic rings. The molecule has 0 saturated carbocycles. The number of fused-ring (bicyclic) bond motifs is 1. The third-order valence-corrected chi connectivity index (χ3v) is 3.21. The van der Waals surface area contributed by atoms with Crippen molar-refractivity contribution in [3.63, 3.8) is 0 Å². The maximum Gasteiger partial charge on any atom is 0.0645 e. The maximum atomic E-state index is 5.79. The summed E-state index contributed by atoms with van der Waals surface area (Å²) in [5.74, 6) is 0. The number of hydrogen-bond donors (Lipinski definition) is 1. The lowest BCUT2D eigenvalue weighted by atomic mass is 10.1. The number of nitrogens with zero attached hydrogens (tertiary/aromatic N) is 1. The molecule has 2 rings (SSSR count). The fourth-order valence-electron chi connectivity index (χ4n) is 2.20. The average Bonchev–Trinajstić information content (AvgIpc) is 2.82. The number of aromatic nitrogens is 1. The van der Waals surface area contributed by atoms with Crippen molar-refractivity contribution < 1.29 is 4.74 Å². The van der Waals surface area contributed by atoms with Crippen LogP contribution in [-0.2, 0) is 17.8 Å². The highest BCUT2D eigenvalue weighted by Gasteiger charge is 2.04. The van der Waals surface area contributed by atoms with Crippen LogP contribution in [-0.4, -0.2) is 17.8 Å². The second-order valence-corrected chi connectivity index (χ2v) is 4.53. The number of rotatable bonds is 7. The lowest BCUT2D eigenvalue weighted by Crippen LogP contribution is -2.07.